The molecule has 1 aliphatic rings. The second-order valence-corrected chi connectivity index (χ2v) is 9.04. The first-order valence-electron chi connectivity index (χ1n) is 12.1. The fourth-order valence-corrected chi connectivity index (χ4v) is 4.05. The summed E-state index contributed by atoms with van der Waals surface area (Å²) in [5, 5.41) is 20.6. The van der Waals surface area contributed by atoms with Gasteiger partial charge < -0.3 is 20.5 Å². The van der Waals surface area contributed by atoms with Crippen LogP contribution in [-0.2, 0) is 6.54 Å². The number of aromatic hydroxyl groups is 1. The zero-order valence-corrected chi connectivity index (χ0v) is 20.4. The highest BCUT2D eigenvalue weighted by molar-refractivity contribution is 6.04. The minimum atomic E-state index is -4.83. The third-order valence-electron chi connectivity index (χ3n) is 6.09. The summed E-state index contributed by atoms with van der Waals surface area (Å²) in [6.45, 7) is 0.344. The lowest BCUT2D eigenvalue weighted by Gasteiger charge is -2.10. The van der Waals surface area contributed by atoms with E-state index in [9.17, 15) is 27.9 Å². The number of carbonyl (C=O) groups is 2. The fourth-order valence-electron chi connectivity index (χ4n) is 4.05. The van der Waals surface area contributed by atoms with Crippen LogP contribution < -0.4 is 15.4 Å². The van der Waals surface area contributed by atoms with Crippen molar-refractivity contribution in [2.24, 2.45) is 0 Å². The van der Waals surface area contributed by atoms with Gasteiger partial charge in [0.05, 0.1) is 11.4 Å². The first-order valence-corrected chi connectivity index (χ1v) is 12.1. The highest BCUT2D eigenvalue weighted by Gasteiger charge is 2.32. The predicted molar refractivity (Wildman–Crippen MR) is 136 cm³/mol. The van der Waals surface area contributed by atoms with Crippen molar-refractivity contribution in [2.45, 2.75) is 31.7 Å². The first kappa shape index (κ1) is 25.8. The lowest BCUT2D eigenvalue weighted by molar-refractivity contribution is -0.274. The Labute approximate surface area is 221 Å². The molecule has 1 fully saturated rings. The topological polar surface area (TPSA) is 105 Å². The van der Waals surface area contributed by atoms with Gasteiger partial charge in [-0.1, -0.05) is 30.3 Å². The maximum Gasteiger partial charge on any atom is 0.573 e. The van der Waals surface area contributed by atoms with Gasteiger partial charge in [-0.2, -0.15) is 9.78 Å². The van der Waals surface area contributed by atoms with Gasteiger partial charge in [0.15, 0.2) is 0 Å². The van der Waals surface area contributed by atoms with Crippen molar-refractivity contribution in [3.63, 3.8) is 0 Å². The van der Waals surface area contributed by atoms with E-state index in [0.29, 0.717) is 17.8 Å². The summed E-state index contributed by atoms with van der Waals surface area (Å²) >= 11 is 0. The number of amides is 2. The van der Waals surface area contributed by atoms with Gasteiger partial charge in [0.1, 0.15) is 11.5 Å². The number of hydrogen-bond donors (Lipinski definition) is 3. The van der Waals surface area contributed by atoms with Crippen LogP contribution in [0.3, 0.4) is 0 Å². The number of anilines is 1. The van der Waals surface area contributed by atoms with Crippen LogP contribution in [0.2, 0.25) is 0 Å². The van der Waals surface area contributed by atoms with E-state index in [1.54, 1.807) is 18.2 Å². The number of phenolic OH excluding ortho intramolecular Hbond substituents is 1. The van der Waals surface area contributed by atoms with E-state index in [1.807, 2.05) is 30.3 Å². The van der Waals surface area contributed by atoms with Gasteiger partial charge in [-0.05, 0) is 60.9 Å². The highest BCUT2D eigenvalue weighted by Crippen LogP contribution is 2.42. The van der Waals surface area contributed by atoms with Crippen LogP contribution in [0.5, 0.6) is 11.5 Å². The van der Waals surface area contributed by atoms with E-state index in [-0.39, 0.29) is 28.9 Å². The summed E-state index contributed by atoms with van der Waals surface area (Å²) in [6.07, 6.45) is -2.95. The predicted octanol–water partition coefficient (Wildman–Crippen LogP) is 6.04. The second kappa shape index (κ2) is 10.5. The lowest BCUT2D eigenvalue weighted by Crippen LogP contribution is -2.30. The molecule has 0 bridgehead atoms. The SMILES string of the molecule is O=C(Nc1ccc(-c2cc(C3CC3)n(C(=O)NCc3ccccc3)n2)c(O)c1)c1ccc(OC(F)(F)F)cc1. The van der Waals surface area contributed by atoms with E-state index in [1.165, 1.54) is 22.9 Å². The van der Waals surface area contributed by atoms with Crippen LogP contribution >= 0.6 is 0 Å². The van der Waals surface area contributed by atoms with Crippen molar-refractivity contribution in [3.8, 4) is 22.8 Å². The zero-order chi connectivity index (χ0) is 27.6. The van der Waals surface area contributed by atoms with Crippen molar-refractivity contribution in [3.05, 3.63) is 95.7 Å². The van der Waals surface area contributed by atoms with Gasteiger partial charge in [-0.25, -0.2) is 4.79 Å². The number of nitrogens with zero attached hydrogens (tertiary/aromatic N) is 2. The van der Waals surface area contributed by atoms with E-state index in [4.69, 9.17) is 0 Å². The Balaban J connectivity index is 1.29. The molecule has 11 heteroatoms. The molecular weight excluding hydrogens is 513 g/mol. The summed E-state index contributed by atoms with van der Waals surface area (Å²) in [4.78, 5) is 25.4. The summed E-state index contributed by atoms with van der Waals surface area (Å²) in [5.74, 6) is -0.989. The molecule has 4 aromatic rings. The van der Waals surface area contributed by atoms with E-state index >= 15 is 0 Å². The standard InChI is InChI=1S/C28H23F3N4O4/c29-28(30,31)39-21-11-8-19(9-12-21)26(37)33-20-10-13-22(25(36)14-20)23-15-24(18-6-7-18)35(34-23)27(38)32-16-17-4-2-1-3-5-17/h1-5,8-15,18,36H,6-7,16H2,(H,32,38)(H,33,37). The summed E-state index contributed by atoms with van der Waals surface area (Å²) in [6, 6.07) is 19.8. The highest BCUT2D eigenvalue weighted by atomic mass is 19.4. The smallest absolute Gasteiger partial charge is 0.507 e. The van der Waals surface area contributed by atoms with Crippen LogP contribution in [0.25, 0.3) is 11.3 Å². The third kappa shape index (κ3) is 6.38. The Bertz CT molecular complexity index is 1500. The van der Waals surface area contributed by atoms with Gasteiger partial charge in [-0.15, -0.1) is 13.2 Å². The van der Waals surface area contributed by atoms with Crippen LogP contribution in [0.1, 0.15) is 40.4 Å². The molecular formula is C28H23F3N4O4. The molecule has 200 valence electrons. The summed E-state index contributed by atoms with van der Waals surface area (Å²) in [7, 11) is 0. The molecule has 1 aliphatic carbocycles. The van der Waals surface area contributed by atoms with Gasteiger partial charge in [0, 0.05) is 35.3 Å². The largest absolute Gasteiger partial charge is 0.573 e. The normalized spacial score (nSPS) is 13.1. The molecule has 1 heterocycles. The van der Waals surface area contributed by atoms with Crippen molar-refractivity contribution in [1.82, 2.24) is 15.1 Å². The molecule has 3 N–H and O–H groups in total. The maximum absolute atomic E-state index is 12.9. The number of benzene rings is 3. The van der Waals surface area contributed by atoms with Crippen LogP contribution in [-0.4, -0.2) is 33.2 Å². The lowest BCUT2D eigenvalue weighted by atomic mass is 10.1. The molecule has 0 aliphatic heterocycles. The second-order valence-electron chi connectivity index (χ2n) is 9.04. The number of carbonyl (C=O) groups excluding carboxylic acids is 2. The van der Waals surface area contributed by atoms with E-state index in [2.05, 4.69) is 20.5 Å². The Morgan fingerprint density at radius 3 is 2.36 bits per heavy atom. The maximum atomic E-state index is 12.9. The average Bonchev–Trinajstić information content (AvgIpc) is 3.66. The van der Waals surface area contributed by atoms with Crippen molar-refractivity contribution < 1.29 is 32.6 Å². The number of phenols is 1. The molecule has 8 nitrogen and oxygen atoms in total. The van der Waals surface area contributed by atoms with E-state index < -0.39 is 18.0 Å². The van der Waals surface area contributed by atoms with Crippen molar-refractivity contribution in [2.75, 3.05) is 5.32 Å². The van der Waals surface area contributed by atoms with E-state index in [0.717, 1.165) is 36.2 Å². The Morgan fingerprint density at radius 2 is 1.72 bits per heavy atom. The van der Waals surface area contributed by atoms with Gasteiger partial charge in [0.2, 0.25) is 0 Å². The Morgan fingerprint density at radius 1 is 1.00 bits per heavy atom. The molecule has 0 unspecified atom stereocenters. The minimum Gasteiger partial charge on any atom is -0.507 e. The first-order chi connectivity index (χ1) is 18.7. The molecule has 39 heavy (non-hydrogen) atoms. The third-order valence-corrected chi connectivity index (χ3v) is 6.09. The summed E-state index contributed by atoms with van der Waals surface area (Å²) < 4.78 is 42.1. The van der Waals surface area contributed by atoms with Crippen molar-refractivity contribution >= 4 is 17.6 Å². The Kier molecular flexibility index (Phi) is 6.97. The van der Waals surface area contributed by atoms with Crippen LogP contribution in [0.4, 0.5) is 23.7 Å². The number of aromatic nitrogens is 2. The Hall–Kier alpha value is -4.80. The monoisotopic (exact) mass is 536 g/mol. The van der Waals surface area contributed by atoms with Gasteiger partial charge >= 0.3 is 12.4 Å². The summed E-state index contributed by atoms with van der Waals surface area (Å²) in [5.41, 5.74) is 2.85. The number of halogens is 3. The molecule has 0 radical (unpaired) electrons. The molecule has 2 amide bonds. The number of ether oxygens (including phenoxy) is 1. The fraction of sp³-hybridized carbons (Fsp3) is 0.179. The number of nitrogens with one attached hydrogen (secondary N) is 2. The molecule has 3 aromatic carbocycles. The van der Waals surface area contributed by atoms with Crippen LogP contribution in [0, 0.1) is 0 Å². The number of rotatable bonds is 7. The molecule has 5 rings (SSSR count). The minimum absolute atomic E-state index is 0.0995. The quantitative estimate of drug-likeness (QED) is 0.267. The zero-order valence-electron chi connectivity index (χ0n) is 20.4. The number of hydrogen-bond acceptors (Lipinski definition) is 5. The molecule has 1 aromatic heterocycles. The molecule has 0 saturated heterocycles. The van der Waals surface area contributed by atoms with Gasteiger partial charge in [0.25, 0.3) is 5.91 Å². The molecule has 0 spiro atoms. The van der Waals surface area contributed by atoms with Gasteiger partial charge in [-0.3, -0.25) is 4.79 Å². The number of alkyl halides is 3. The molecule has 0 atom stereocenters. The van der Waals surface area contributed by atoms with Crippen molar-refractivity contribution in [1.29, 1.82) is 0 Å². The molecule has 1 saturated carbocycles. The van der Waals surface area contributed by atoms with Crippen LogP contribution in [0.15, 0.2) is 78.9 Å². The average molecular weight is 537 g/mol.